The highest BCUT2D eigenvalue weighted by molar-refractivity contribution is 6.05. The smallest absolute Gasteiger partial charge is 0.228 e. The molecule has 1 N–H and O–H groups in total. The van der Waals surface area contributed by atoms with E-state index in [0.717, 1.165) is 0 Å². The zero-order valence-corrected chi connectivity index (χ0v) is 6.22. The van der Waals surface area contributed by atoms with Crippen LogP contribution in [-0.2, 0) is 14.4 Å². The van der Waals surface area contributed by atoms with E-state index in [1.807, 2.05) is 0 Å². The third-order valence-corrected chi connectivity index (χ3v) is 1.62. The van der Waals surface area contributed by atoms with Gasteiger partial charge in [0.25, 0.3) is 0 Å². The molecule has 0 saturated carbocycles. The normalized spacial score (nSPS) is 24.6. The van der Waals surface area contributed by atoms with Crippen molar-refractivity contribution in [2.75, 3.05) is 0 Å². The predicted molar refractivity (Wildman–Crippen MR) is 36.9 cm³/mol. The van der Waals surface area contributed by atoms with Crippen LogP contribution in [0.25, 0.3) is 0 Å². The van der Waals surface area contributed by atoms with Crippen LogP contribution in [0.4, 0.5) is 0 Å². The van der Waals surface area contributed by atoms with Gasteiger partial charge in [0.15, 0.2) is 5.78 Å². The first kappa shape index (κ1) is 7.91. The number of rotatable bonds is 1. The monoisotopic (exact) mass is 155 g/mol. The Balaban J connectivity index is 2.63. The van der Waals surface area contributed by atoms with Gasteiger partial charge >= 0.3 is 0 Å². The molecule has 4 heteroatoms. The van der Waals surface area contributed by atoms with Crippen molar-refractivity contribution in [1.82, 2.24) is 5.32 Å². The highest BCUT2D eigenvalue weighted by Gasteiger charge is 2.26. The first-order valence-corrected chi connectivity index (χ1v) is 3.41. The molecule has 0 aromatic heterocycles. The molecule has 0 bridgehead atoms. The summed E-state index contributed by atoms with van der Waals surface area (Å²) in [6, 6.07) is -0.580. The second-order valence-electron chi connectivity index (χ2n) is 2.65. The molecular weight excluding hydrogens is 146 g/mol. The Kier molecular flexibility index (Phi) is 2.03. The Morgan fingerprint density at radius 1 is 1.55 bits per heavy atom. The van der Waals surface area contributed by atoms with Crippen molar-refractivity contribution in [2.45, 2.75) is 25.8 Å². The number of Topliss-reactive ketones (excluding diaryl/α,β-unsaturated/α-hetero) is 2. The first-order chi connectivity index (χ1) is 5.09. The van der Waals surface area contributed by atoms with Crippen LogP contribution >= 0.6 is 0 Å². The molecule has 11 heavy (non-hydrogen) atoms. The van der Waals surface area contributed by atoms with E-state index in [0.29, 0.717) is 0 Å². The quantitative estimate of drug-likeness (QED) is 0.515. The summed E-state index contributed by atoms with van der Waals surface area (Å²) in [6.45, 7) is 1.36. The van der Waals surface area contributed by atoms with Gasteiger partial charge in [-0.3, -0.25) is 14.4 Å². The molecule has 1 aliphatic rings. The van der Waals surface area contributed by atoms with Gasteiger partial charge in [-0.15, -0.1) is 0 Å². The molecule has 1 rings (SSSR count). The van der Waals surface area contributed by atoms with Gasteiger partial charge in [-0.2, -0.15) is 0 Å². The molecule has 1 amide bonds. The van der Waals surface area contributed by atoms with E-state index < -0.39 is 6.04 Å². The lowest BCUT2D eigenvalue weighted by Crippen LogP contribution is -2.46. The molecule has 1 aliphatic heterocycles. The minimum Gasteiger partial charge on any atom is -0.345 e. The fourth-order valence-corrected chi connectivity index (χ4v) is 1.02. The van der Waals surface area contributed by atoms with Gasteiger partial charge in [0.2, 0.25) is 5.91 Å². The van der Waals surface area contributed by atoms with E-state index in [9.17, 15) is 14.4 Å². The summed E-state index contributed by atoms with van der Waals surface area (Å²) in [5, 5.41) is 2.44. The lowest BCUT2D eigenvalue weighted by Gasteiger charge is -2.19. The minimum absolute atomic E-state index is 0.0796. The maximum absolute atomic E-state index is 10.8. The molecule has 0 aromatic rings. The van der Waals surface area contributed by atoms with E-state index in [2.05, 4.69) is 5.32 Å². The van der Waals surface area contributed by atoms with Crippen molar-refractivity contribution in [2.24, 2.45) is 0 Å². The number of hydrogen-bond donors (Lipinski definition) is 1. The van der Waals surface area contributed by atoms with Gasteiger partial charge in [-0.1, -0.05) is 0 Å². The molecule has 0 aromatic carbocycles. The third-order valence-electron chi connectivity index (χ3n) is 1.62. The molecule has 4 nitrogen and oxygen atoms in total. The summed E-state index contributed by atoms with van der Waals surface area (Å²) in [4.78, 5) is 32.2. The van der Waals surface area contributed by atoms with Crippen molar-refractivity contribution >= 4 is 17.5 Å². The molecule has 1 heterocycles. The predicted octanol–water partition coefficient (Wildman–Crippen LogP) is -0.577. The minimum atomic E-state index is -0.580. The average molecular weight is 155 g/mol. The van der Waals surface area contributed by atoms with Crippen molar-refractivity contribution in [3.63, 3.8) is 0 Å². The molecule has 60 valence electrons. The number of nitrogens with one attached hydrogen (secondary N) is 1. The maximum Gasteiger partial charge on any atom is 0.228 e. The summed E-state index contributed by atoms with van der Waals surface area (Å²) < 4.78 is 0. The van der Waals surface area contributed by atoms with E-state index in [1.165, 1.54) is 6.92 Å². The van der Waals surface area contributed by atoms with Crippen LogP contribution in [0.3, 0.4) is 0 Å². The van der Waals surface area contributed by atoms with E-state index in [1.54, 1.807) is 0 Å². The summed E-state index contributed by atoms with van der Waals surface area (Å²) in [5.74, 6) is -0.665. The van der Waals surface area contributed by atoms with Gasteiger partial charge in [0.1, 0.15) is 5.78 Å². The summed E-state index contributed by atoms with van der Waals surface area (Å²) in [5.41, 5.74) is 0. The average Bonchev–Trinajstić information content (AvgIpc) is 1.85. The Morgan fingerprint density at radius 3 is 2.64 bits per heavy atom. The van der Waals surface area contributed by atoms with Gasteiger partial charge in [-0.25, -0.2) is 0 Å². The van der Waals surface area contributed by atoms with E-state index in [4.69, 9.17) is 0 Å². The SMILES string of the molecule is CC(=O)C1CC(=O)CC(=O)N1. The lowest BCUT2D eigenvalue weighted by molar-refractivity contribution is -0.136. The van der Waals surface area contributed by atoms with Gasteiger partial charge in [-0.05, 0) is 6.92 Å². The van der Waals surface area contributed by atoms with Crippen molar-refractivity contribution in [1.29, 1.82) is 0 Å². The van der Waals surface area contributed by atoms with Gasteiger partial charge in [0.05, 0.1) is 12.5 Å². The van der Waals surface area contributed by atoms with Crippen LogP contribution in [0.15, 0.2) is 0 Å². The Bertz CT molecular complexity index is 206. The molecule has 1 fully saturated rings. The number of ketones is 2. The van der Waals surface area contributed by atoms with E-state index >= 15 is 0 Å². The van der Waals surface area contributed by atoms with E-state index in [-0.39, 0.29) is 30.3 Å². The molecule has 0 spiro atoms. The largest absolute Gasteiger partial charge is 0.345 e. The van der Waals surface area contributed by atoms with Crippen molar-refractivity contribution in [3.8, 4) is 0 Å². The second-order valence-corrected chi connectivity index (χ2v) is 2.65. The van der Waals surface area contributed by atoms with Crippen LogP contribution < -0.4 is 5.32 Å². The maximum atomic E-state index is 10.8. The Morgan fingerprint density at radius 2 is 2.18 bits per heavy atom. The number of carbonyl (C=O) groups excluding carboxylic acids is 3. The zero-order chi connectivity index (χ0) is 8.43. The van der Waals surface area contributed by atoms with Crippen LogP contribution in [0.1, 0.15) is 19.8 Å². The number of hydrogen-bond acceptors (Lipinski definition) is 3. The molecule has 1 atom stereocenters. The van der Waals surface area contributed by atoms with Crippen LogP contribution in [0.5, 0.6) is 0 Å². The van der Waals surface area contributed by atoms with Crippen molar-refractivity contribution < 1.29 is 14.4 Å². The fraction of sp³-hybridized carbons (Fsp3) is 0.571. The molecule has 0 radical (unpaired) electrons. The third kappa shape index (κ3) is 1.86. The highest BCUT2D eigenvalue weighted by Crippen LogP contribution is 2.04. The molecule has 1 unspecified atom stereocenters. The molecule has 0 aliphatic carbocycles. The first-order valence-electron chi connectivity index (χ1n) is 3.41. The van der Waals surface area contributed by atoms with Gasteiger partial charge in [0, 0.05) is 6.42 Å². The highest BCUT2D eigenvalue weighted by atomic mass is 16.2. The molecular formula is C7H9NO3. The summed E-state index contributed by atoms with van der Waals surface area (Å²) >= 11 is 0. The lowest BCUT2D eigenvalue weighted by atomic mass is 10.0. The van der Waals surface area contributed by atoms with Crippen LogP contribution in [0, 0.1) is 0 Å². The molecule has 1 saturated heterocycles. The summed E-state index contributed by atoms with van der Waals surface area (Å²) in [7, 11) is 0. The van der Waals surface area contributed by atoms with Crippen LogP contribution in [-0.4, -0.2) is 23.5 Å². The second kappa shape index (κ2) is 2.82. The van der Waals surface area contributed by atoms with Crippen molar-refractivity contribution in [3.05, 3.63) is 0 Å². The standard InChI is InChI=1S/C7H9NO3/c1-4(9)6-2-5(10)3-7(11)8-6/h6H,2-3H2,1H3,(H,8,11). The fourth-order valence-electron chi connectivity index (χ4n) is 1.02. The number of carbonyl (C=O) groups is 3. The number of piperidine rings is 1. The summed E-state index contributed by atoms with van der Waals surface area (Å²) in [6.07, 6.45) is 0.0743. The van der Waals surface area contributed by atoms with Crippen LogP contribution in [0.2, 0.25) is 0 Å². The Labute approximate surface area is 64.0 Å². The number of amides is 1. The topological polar surface area (TPSA) is 63.2 Å². The van der Waals surface area contributed by atoms with Gasteiger partial charge < -0.3 is 5.32 Å². The zero-order valence-electron chi connectivity index (χ0n) is 6.22. The Hall–Kier alpha value is -1.19.